The van der Waals surface area contributed by atoms with Crippen LogP contribution in [0.25, 0.3) is 0 Å². The number of aliphatic hydroxyl groups is 2. The van der Waals surface area contributed by atoms with Gasteiger partial charge in [0.25, 0.3) is 0 Å². The minimum Gasteiger partial charge on any atom is -0.507 e. The van der Waals surface area contributed by atoms with Crippen molar-refractivity contribution in [1.82, 2.24) is 0 Å². The Bertz CT molecular complexity index is 956. The molecule has 1 aromatic rings. The molecule has 1 fully saturated rings. The number of carbonyl (C=O) groups excluding carboxylic acids is 4. The Labute approximate surface area is 193 Å². The molecule has 2 aliphatic carbocycles. The van der Waals surface area contributed by atoms with Gasteiger partial charge in [-0.05, 0) is 48.8 Å². The average Bonchev–Trinajstić information content (AvgIpc) is 2.75. The maximum absolute atomic E-state index is 12.9. The number of aromatic hydroxyl groups is 1. The molecule has 5 N–H and O–H groups in total. The number of aryl methyl sites for hydroxylation is 1. The molecular weight excluding hydrogens is 426 g/mol. The number of unbranched alkanes of at least 4 members (excludes halogenated alkanes) is 3. The van der Waals surface area contributed by atoms with E-state index in [4.69, 9.17) is 5.73 Å². The fourth-order valence-electron chi connectivity index (χ4n) is 5.39. The summed E-state index contributed by atoms with van der Waals surface area (Å²) in [5, 5.41) is 31.0. The number of rotatable bonds is 9. The average molecular weight is 460 g/mol. The van der Waals surface area contributed by atoms with Crippen molar-refractivity contribution < 1.29 is 34.5 Å². The molecule has 0 aromatic heterocycles. The lowest BCUT2D eigenvalue weighted by Crippen LogP contribution is -2.60. The van der Waals surface area contributed by atoms with Crippen LogP contribution in [-0.2, 0) is 27.2 Å². The Morgan fingerprint density at radius 2 is 1.85 bits per heavy atom. The third-order valence-electron chi connectivity index (χ3n) is 7.21. The molecule has 0 saturated heterocycles. The van der Waals surface area contributed by atoms with Crippen LogP contribution in [0, 0.1) is 17.8 Å². The predicted octanol–water partition coefficient (Wildman–Crippen LogP) is 1.63. The molecule has 8 heteroatoms. The van der Waals surface area contributed by atoms with Gasteiger partial charge in [-0.25, -0.2) is 0 Å². The number of nitrogens with two attached hydrogens (primary N) is 1. The minimum atomic E-state index is -2.27. The highest BCUT2D eigenvalue weighted by Gasteiger charge is 2.55. The Hall–Kier alpha value is -2.58. The Morgan fingerprint density at radius 3 is 2.48 bits per heavy atom. The summed E-state index contributed by atoms with van der Waals surface area (Å²) in [6.07, 6.45) is 5.47. The van der Waals surface area contributed by atoms with Gasteiger partial charge in [-0.15, -0.1) is 0 Å². The largest absolute Gasteiger partial charge is 0.507 e. The van der Waals surface area contributed by atoms with Crippen molar-refractivity contribution in [2.24, 2.45) is 23.5 Å². The van der Waals surface area contributed by atoms with Crippen LogP contribution in [0.4, 0.5) is 0 Å². The van der Waals surface area contributed by atoms with Gasteiger partial charge in [0.1, 0.15) is 11.4 Å². The lowest BCUT2D eigenvalue weighted by atomic mass is 9.64. The summed E-state index contributed by atoms with van der Waals surface area (Å²) in [5.74, 6) is -6.13. The van der Waals surface area contributed by atoms with E-state index in [0.717, 1.165) is 43.2 Å². The van der Waals surface area contributed by atoms with Gasteiger partial charge in [-0.3, -0.25) is 19.2 Å². The number of Topliss-reactive ketones (excluding diaryl/α,β-unsaturated/α-hetero) is 3. The van der Waals surface area contributed by atoms with Crippen LogP contribution in [0.15, 0.2) is 12.1 Å². The number of carbonyl (C=O) groups is 4. The zero-order chi connectivity index (χ0) is 24.3. The predicted molar refractivity (Wildman–Crippen MR) is 120 cm³/mol. The van der Waals surface area contributed by atoms with E-state index in [1.54, 1.807) is 6.07 Å². The van der Waals surface area contributed by atoms with Crippen molar-refractivity contribution in [1.29, 1.82) is 0 Å². The number of fused-ring (bicyclic) bond motifs is 1. The minimum absolute atomic E-state index is 0.0510. The lowest BCUT2D eigenvalue weighted by Gasteiger charge is -2.41. The number of amides is 1. The van der Waals surface area contributed by atoms with E-state index >= 15 is 0 Å². The first-order valence-corrected chi connectivity index (χ1v) is 11.7. The SMILES string of the molecule is CCCCCCc1ccc(O)c2c1C[C@@H](C[C@H]1CC(=O)C(C(N)=O)C(=O)[C@@]1(O)CO)CC2=O. The molecule has 180 valence electrons. The first-order chi connectivity index (χ1) is 15.6. The Balaban J connectivity index is 1.84. The van der Waals surface area contributed by atoms with E-state index in [1.807, 2.05) is 6.07 Å². The molecule has 1 aromatic carbocycles. The summed E-state index contributed by atoms with van der Waals surface area (Å²) in [6.45, 7) is 1.19. The molecule has 33 heavy (non-hydrogen) atoms. The Kier molecular flexibility index (Phi) is 7.69. The summed E-state index contributed by atoms with van der Waals surface area (Å²) < 4.78 is 0. The monoisotopic (exact) mass is 459 g/mol. The molecule has 1 amide bonds. The molecule has 1 unspecified atom stereocenters. The number of aliphatic hydroxyl groups excluding tert-OH is 1. The molecule has 4 atom stereocenters. The van der Waals surface area contributed by atoms with Crippen molar-refractivity contribution in [3.05, 3.63) is 28.8 Å². The summed E-state index contributed by atoms with van der Waals surface area (Å²) in [6, 6.07) is 3.39. The van der Waals surface area contributed by atoms with Crippen LogP contribution < -0.4 is 5.73 Å². The highest BCUT2D eigenvalue weighted by Crippen LogP contribution is 2.41. The summed E-state index contributed by atoms with van der Waals surface area (Å²) in [5.41, 5.74) is 5.02. The number of benzene rings is 1. The van der Waals surface area contributed by atoms with Gasteiger partial charge in [0.2, 0.25) is 5.91 Å². The second-order valence-electron chi connectivity index (χ2n) is 9.49. The van der Waals surface area contributed by atoms with Crippen LogP contribution >= 0.6 is 0 Å². The summed E-state index contributed by atoms with van der Waals surface area (Å²) in [7, 11) is 0. The second-order valence-corrected chi connectivity index (χ2v) is 9.49. The topological polar surface area (TPSA) is 155 Å². The Morgan fingerprint density at radius 1 is 1.12 bits per heavy atom. The number of phenols is 1. The molecule has 0 radical (unpaired) electrons. The van der Waals surface area contributed by atoms with Gasteiger partial charge in [0.05, 0.1) is 12.2 Å². The smallest absolute Gasteiger partial charge is 0.235 e. The highest BCUT2D eigenvalue weighted by molar-refractivity contribution is 6.22. The van der Waals surface area contributed by atoms with Crippen LogP contribution in [0.2, 0.25) is 0 Å². The van der Waals surface area contributed by atoms with Crippen molar-refractivity contribution in [2.75, 3.05) is 6.61 Å². The van der Waals surface area contributed by atoms with Crippen LogP contribution in [0.1, 0.15) is 73.4 Å². The van der Waals surface area contributed by atoms with E-state index in [9.17, 15) is 34.5 Å². The van der Waals surface area contributed by atoms with E-state index < -0.39 is 41.5 Å². The van der Waals surface area contributed by atoms with Gasteiger partial charge in [0.15, 0.2) is 23.3 Å². The molecule has 0 bridgehead atoms. The van der Waals surface area contributed by atoms with Gasteiger partial charge in [-0.2, -0.15) is 0 Å². The summed E-state index contributed by atoms with van der Waals surface area (Å²) >= 11 is 0. The van der Waals surface area contributed by atoms with E-state index in [0.29, 0.717) is 12.0 Å². The molecule has 3 rings (SSSR count). The molecule has 0 aliphatic heterocycles. The maximum Gasteiger partial charge on any atom is 0.235 e. The second kappa shape index (κ2) is 10.1. The number of phenolic OH excluding ortho intramolecular Hbond substituents is 1. The van der Waals surface area contributed by atoms with Crippen molar-refractivity contribution in [2.45, 2.75) is 70.3 Å². The van der Waals surface area contributed by atoms with Crippen molar-refractivity contribution >= 4 is 23.3 Å². The lowest BCUT2D eigenvalue weighted by molar-refractivity contribution is -0.167. The maximum atomic E-state index is 12.9. The number of hydrogen-bond donors (Lipinski definition) is 4. The van der Waals surface area contributed by atoms with Gasteiger partial charge in [-0.1, -0.05) is 32.3 Å². The van der Waals surface area contributed by atoms with Gasteiger partial charge >= 0.3 is 0 Å². The van der Waals surface area contributed by atoms with Gasteiger partial charge < -0.3 is 21.1 Å². The summed E-state index contributed by atoms with van der Waals surface area (Å²) in [4.78, 5) is 49.6. The third-order valence-corrected chi connectivity index (χ3v) is 7.21. The molecular formula is C25H33NO7. The number of ketones is 3. The molecule has 0 heterocycles. The zero-order valence-corrected chi connectivity index (χ0v) is 19.0. The first-order valence-electron chi connectivity index (χ1n) is 11.7. The highest BCUT2D eigenvalue weighted by atomic mass is 16.3. The van der Waals surface area contributed by atoms with Crippen molar-refractivity contribution in [3.8, 4) is 5.75 Å². The van der Waals surface area contributed by atoms with Crippen LogP contribution in [0.5, 0.6) is 5.75 Å². The van der Waals surface area contributed by atoms with E-state index in [1.165, 1.54) is 0 Å². The fraction of sp³-hybridized carbons (Fsp3) is 0.600. The quantitative estimate of drug-likeness (QED) is 0.323. The standard InChI is InChI=1S/C25H33NO7/c1-2-3-4-5-6-15-7-8-18(28)21-17(15)10-14(11-19(21)29)9-16-12-20(30)22(24(26)32)23(31)25(16,33)13-27/h7-8,14,16,22,27-28,33H,2-6,9-13H2,1H3,(H2,26,32)/t14-,16+,22?,25-/m1/s1. The van der Waals surface area contributed by atoms with E-state index in [2.05, 4.69) is 6.92 Å². The zero-order valence-electron chi connectivity index (χ0n) is 19.0. The van der Waals surface area contributed by atoms with Crippen LogP contribution in [-0.4, -0.2) is 50.8 Å². The number of primary amides is 1. The number of hydrogen-bond acceptors (Lipinski definition) is 7. The molecule has 0 spiro atoms. The van der Waals surface area contributed by atoms with E-state index in [-0.39, 0.29) is 36.7 Å². The van der Waals surface area contributed by atoms with Crippen LogP contribution in [0.3, 0.4) is 0 Å². The fourth-order valence-corrected chi connectivity index (χ4v) is 5.39. The first kappa shape index (κ1) is 25.1. The normalized spacial score (nSPS) is 27.5. The molecule has 1 saturated carbocycles. The molecule has 8 nitrogen and oxygen atoms in total. The van der Waals surface area contributed by atoms with Gasteiger partial charge in [0, 0.05) is 18.8 Å². The molecule has 2 aliphatic rings. The van der Waals surface area contributed by atoms with Crippen molar-refractivity contribution in [3.63, 3.8) is 0 Å². The third kappa shape index (κ3) is 4.87.